The van der Waals surface area contributed by atoms with Gasteiger partial charge in [-0.3, -0.25) is 5.10 Å². The number of hydrogen-bond acceptors (Lipinski definition) is 5. The summed E-state index contributed by atoms with van der Waals surface area (Å²) < 4.78 is 27.2. The molecule has 0 bridgehead atoms. The number of aromatic amines is 1. The molecular formula is C8H8Br2N4O2S2. The Morgan fingerprint density at radius 2 is 2.22 bits per heavy atom. The fraction of sp³-hybridized carbons (Fsp3) is 0.250. The molecule has 1 N–H and O–H groups in total. The van der Waals surface area contributed by atoms with Gasteiger partial charge in [0.1, 0.15) is 17.0 Å². The first-order valence-electron chi connectivity index (χ1n) is 4.66. The molecule has 0 saturated carbocycles. The monoisotopic (exact) mass is 414 g/mol. The summed E-state index contributed by atoms with van der Waals surface area (Å²) in [7, 11) is -2.05. The van der Waals surface area contributed by atoms with Gasteiger partial charge >= 0.3 is 0 Å². The quantitative estimate of drug-likeness (QED) is 0.830. The lowest BCUT2D eigenvalue weighted by Gasteiger charge is -2.14. The van der Waals surface area contributed by atoms with Crippen LogP contribution < -0.4 is 0 Å². The van der Waals surface area contributed by atoms with Crippen LogP contribution in [0.1, 0.15) is 5.82 Å². The van der Waals surface area contributed by atoms with E-state index in [-0.39, 0.29) is 11.4 Å². The number of nitrogens with one attached hydrogen (secondary N) is 1. The minimum Gasteiger partial charge on any atom is -0.262 e. The van der Waals surface area contributed by atoms with Crippen molar-refractivity contribution < 1.29 is 8.42 Å². The lowest BCUT2D eigenvalue weighted by atomic mass is 10.6. The molecule has 98 valence electrons. The Hall–Kier alpha value is -0.290. The van der Waals surface area contributed by atoms with Gasteiger partial charge < -0.3 is 0 Å². The Balaban J connectivity index is 2.28. The van der Waals surface area contributed by atoms with E-state index in [2.05, 4.69) is 47.0 Å². The second-order valence-corrected chi connectivity index (χ2v) is 9.14. The summed E-state index contributed by atoms with van der Waals surface area (Å²) in [5, 5.41) is 6.31. The van der Waals surface area contributed by atoms with Gasteiger partial charge in [0.15, 0.2) is 0 Å². The first-order valence-corrected chi connectivity index (χ1v) is 8.51. The average molecular weight is 416 g/mol. The largest absolute Gasteiger partial charge is 0.262 e. The van der Waals surface area contributed by atoms with Crippen LogP contribution >= 0.6 is 43.2 Å². The van der Waals surface area contributed by atoms with Crippen molar-refractivity contribution in [3.8, 4) is 0 Å². The minimum atomic E-state index is -3.55. The van der Waals surface area contributed by atoms with E-state index in [0.717, 1.165) is 3.79 Å². The van der Waals surface area contributed by atoms with Gasteiger partial charge in [0.05, 0.1) is 14.1 Å². The third kappa shape index (κ3) is 2.82. The maximum atomic E-state index is 12.3. The molecule has 0 fully saturated rings. The van der Waals surface area contributed by atoms with E-state index in [4.69, 9.17) is 0 Å². The first-order chi connectivity index (χ1) is 8.41. The molecule has 0 spiro atoms. The summed E-state index contributed by atoms with van der Waals surface area (Å²) in [5.41, 5.74) is 0. The summed E-state index contributed by atoms with van der Waals surface area (Å²) in [5.74, 6) is 0.492. The van der Waals surface area contributed by atoms with Crippen LogP contribution in [0.5, 0.6) is 0 Å². The first kappa shape index (κ1) is 14.1. The molecule has 0 unspecified atom stereocenters. The van der Waals surface area contributed by atoms with E-state index in [0.29, 0.717) is 9.61 Å². The van der Waals surface area contributed by atoms with E-state index in [1.807, 2.05) is 0 Å². The summed E-state index contributed by atoms with van der Waals surface area (Å²) in [6.07, 6.45) is 1.34. The van der Waals surface area contributed by atoms with E-state index >= 15 is 0 Å². The number of H-pyrrole nitrogens is 1. The van der Waals surface area contributed by atoms with Gasteiger partial charge in [0, 0.05) is 7.05 Å². The number of hydrogen-bond donors (Lipinski definition) is 1. The van der Waals surface area contributed by atoms with Crippen molar-refractivity contribution >= 4 is 53.2 Å². The van der Waals surface area contributed by atoms with Gasteiger partial charge in [-0.1, -0.05) is 0 Å². The number of halogens is 2. The third-order valence-electron chi connectivity index (χ3n) is 2.15. The average Bonchev–Trinajstić information content (AvgIpc) is 2.88. The molecule has 0 atom stereocenters. The number of nitrogens with zero attached hydrogens (tertiary/aromatic N) is 3. The molecule has 0 aromatic carbocycles. The molecule has 0 aliphatic carbocycles. The fourth-order valence-electron chi connectivity index (χ4n) is 1.27. The minimum absolute atomic E-state index is 0.141. The maximum Gasteiger partial charge on any atom is 0.245 e. The Morgan fingerprint density at radius 3 is 2.72 bits per heavy atom. The topological polar surface area (TPSA) is 79.0 Å². The van der Waals surface area contributed by atoms with Gasteiger partial charge in [0.25, 0.3) is 0 Å². The van der Waals surface area contributed by atoms with Crippen molar-refractivity contribution in [2.24, 2.45) is 0 Å². The number of aromatic nitrogens is 3. The zero-order chi connectivity index (χ0) is 13.3. The van der Waals surface area contributed by atoms with Crippen molar-refractivity contribution in [3.05, 3.63) is 25.8 Å². The maximum absolute atomic E-state index is 12.3. The molecule has 0 amide bonds. The zero-order valence-electron chi connectivity index (χ0n) is 9.09. The van der Waals surface area contributed by atoms with Crippen LogP contribution in [-0.4, -0.2) is 35.0 Å². The smallest absolute Gasteiger partial charge is 0.245 e. The molecule has 0 radical (unpaired) electrons. The number of sulfonamides is 1. The molecule has 18 heavy (non-hydrogen) atoms. The molecule has 6 nitrogen and oxygen atoms in total. The summed E-state index contributed by atoms with van der Waals surface area (Å²) in [6, 6.07) is 1.57. The third-order valence-corrected chi connectivity index (χ3v) is 6.71. The van der Waals surface area contributed by atoms with Crippen LogP contribution in [-0.2, 0) is 16.6 Å². The normalized spacial score (nSPS) is 12.2. The summed E-state index contributed by atoms with van der Waals surface area (Å²) >= 11 is 7.82. The van der Waals surface area contributed by atoms with E-state index in [1.165, 1.54) is 29.0 Å². The Kier molecular flexibility index (Phi) is 4.22. The second kappa shape index (κ2) is 5.37. The van der Waals surface area contributed by atoms with Gasteiger partial charge in [-0.15, -0.1) is 11.3 Å². The zero-order valence-corrected chi connectivity index (χ0v) is 13.9. The highest BCUT2D eigenvalue weighted by molar-refractivity contribution is 9.12. The predicted octanol–water partition coefficient (Wildman–Crippen LogP) is 2.21. The van der Waals surface area contributed by atoms with Crippen LogP contribution in [0.2, 0.25) is 0 Å². The molecular weight excluding hydrogens is 408 g/mol. The van der Waals surface area contributed by atoms with E-state index in [1.54, 1.807) is 6.07 Å². The lowest BCUT2D eigenvalue weighted by Crippen LogP contribution is -2.26. The van der Waals surface area contributed by atoms with Crippen LogP contribution in [0.15, 0.2) is 24.9 Å². The molecule has 2 heterocycles. The SMILES string of the molecule is CN(Cc1ncn[nH]1)S(=O)(=O)c1cc(Br)sc1Br. The highest BCUT2D eigenvalue weighted by atomic mass is 79.9. The van der Waals surface area contributed by atoms with E-state index in [9.17, 15) is 8.42 Å². The molecule has 0 saturated heterocycles. The molecule has 2 rings (SSSR count). The van der Waals surface area contributed by atoms with Gasteiger partial charge in [-0.25, -0.2) is 13.4 Å². The predicted molar refractivity (Wildman–Crippen MR) is 74.8 cm³/mol. The van der Waals surface area contributed by atoms with Crippen LogP contribution in [0.4, 0.5) is 0 Å². The highest BCUT2D eigenvalue weighted by Gasteiger charge is 2.26. The molecule has 2 aromatic heterocycles. The molecule has 2 aromatic rings. The standard InChI is InChI=1S/C8H8Br2N4O2S2/c1-14(3-7-11-4-12-13-7)18(15,16)5-2-6(9)17-8(5)10/h2,4H,3H2,1H3,(H,11,12,13). The van der Waals surface area contributed by atoms with Crippen LogP contribution in [0.25, 0.3) is 0 Å². The van der Waals surface area contributed by atoms with Crippen LogP contribution in [0, 0.1) is 0 Å². The Bertz CT molecular complexity index is 638. The van der Waals surface area contributed by atoms with Crippen molar-refractivity contribution in [2.75, 3.05) is 7.05 Å². The Labute approximate surface area is 125 Å². The van der Waals surface area contributed by atoms with Gasteiger partial charge in [-0.2, -0.15) is 9.40 Å². The van der Waals surface area contributed by atoms with Gasteiger partial charge in [0.2, 0.25) is 10.0 Å². The molecule has 0 aliphatic heterocycles. The van der Waals surface area contributed by atoms with Gasteiger partial charge in [-0.05, 0) is 37.9 Å². The summed E-state index contributed by atoms with van der Waals surface area (Å²) in [4.78, 5) is 4.14. The Morgan fingerprint density at radius 1 is 1.50 bits per heavy atom. The van der Waals surface area contributed by atoms with E-state index < -0.39 is 10.0 Å². The van der Waals surface area contributed by atoms with Crippen LogP contribution in [0.3, 0.4) is 0 Å². The number of rotatable bonds is 4. The second-order valence-electron chi connectivity index (χ2n) is 3.38. The fourth-order valence-corrected chi connectivity index (χ4v) is 6.16. The highest BCUT2D eigenvalue weighted by Crippen LogP contribution is 2.36. The number of thiophene rings is 1. The van der Waals surface area contributed by atoms with Crippen molar-refractivity contribution in [1.29, 1.82) is 0 Å². The molecule has 0 aliphatic rings. The van der Waals surface area contributed by atoms with Crippen molar-refractivity contribution in [2.45, 2.75) is 11.4 Å². The molecule has 10 heteroatoms. The lowest BCUT2D eigenvalue weighted by molar-refractivity contribution is 0.457. The van der Waals surface area contributed by atoms with Crippen molar-refractivity contribution in [3.63, 3.8) is 0 Å². The summed E-state index contributed by atoms with van der Waals surface area (Å²) in [6.45, 7) is 0.141. The van der Waals surface area contributed by atoms with Crippen molar-refractivity contribution in [1.82, 2.24) is 19.5 Å².